The number of halogens is 1. The van der Waals surface area contributed by atoms with Crippen molar-refractivity contribution in [3.05, 3.63) is 59.9 Å². The van der Waals surface area contributed by atoms with Crippen molar-refractivity contribution < 1.29 is 4.39 Å². The second kappa shape index (κ2) is 6.53. The minimum absolute atomic E-state index is 0.222. The average molecular weight is 314 g/mol. The Hall–Kier alpha value is -2.47. The van der Waals surface area contributed by atoms with Gasteiger partial charge in [0.1, 0.15) is 5.82 Å². The number of H-pyrrole nitrogens is 1. The van der Waals surface area contributed by atoms with E-state index in [1.807, 2.05) is 30.3 Å². The van der Waals surface area contributed by atoms with Crippen molar-refractivity contribution in [3.63, 3.8) is 0 Å². The van der Waals surface area contributed by atoms with Crippen molar-refractivity contribution in [2.24, 2.45) is 0 Å². The van der Waals surface area contributed by atoms with Crippen LogP contribution in [0.25, 0.3) is 11.0 Å². The highest BCUT2D eigenvalue weighted by Gasteiger charge is 2.03. The summed E-state index contributed by atoms with van der Waals surface area (Å²) in [6, 6.07) is 14.3. The van der Waals surface area contributed by atoms with Gasteiger partial charge in [0.05, 0.1) is 11.0 Å². The fourth-order valence-corrected chi connectivity index (χ4v) is 2.38. The van der Waals surface area contributed by atoms with Crippen LogP contribution in [0.3, 0.4) is 0 Å². The van der Waals surface area contributed by atoms with E-state index in [1.54, 1.807) is 6.07 Å². The topological polar surface area (TPSA) is 52.7 Å². The molecule has 1 aromatic heterocycles. The highest BCUT2D eigenvalue weighted by Crippen LogP contribution is 2.13. The van der Waals surface area contributed by atoms with Gasteiger partial charge in [-0.05, 0) is 48.5 Å². The molecule has 0 aliphatic heterocycles. The number of hydrogen-bond acceptors (Lipinski definition) is 2. The third-order valence-corrected chi connectivity index (χ3v) is 3.46. The number of rotatable bonds is 4. The van der Waals surface area contributed by atoms with Gasteiger partial charge in [-0.25, -0.2) is 9.37 Å². The summed E-state index contributed by atoms with van der Waals surface area (Å²) >= 11 is 5.23. The second-order valence-electron chi connectivity index (χ2n) is 4.86. The molecule has 1 heterocycles. The first-order chi connectivity index (χ1) is 10.7. The third-order valence-electron chi connectivity index (χ3n) is 3.21. The van der Waals surface area contributed by atoms with Crippen LogP contribution in [-0.4, -0.2) is 21.6 Å². The fraction of sp³-hybridized carbons (Fsp3) is 0.125. The van der Waals surface area contributed by atoms with Gasteiger partial charge in [0.2, 0.25) is 5.95 Å². The molecule has 0 amide bonds. The summed E-state index contributed by atoms with van der Waals surface area (Å²) in [5.74, 6) is 0.380. The number of anilines is 1. The van der Waals surface area contributed by atoms with E-state index in [0.29, 0.717) is 24.0 Å². The Morgan fingerprint density at radius 2 is 2.05 bits per heavy atom. The summed E-state index contributed by atoms with van der Waals surface area (Å²) in [6.07, 6.45) is 0.694. The van der Waals surface area contributed by atoms with Gasteiger partial charge >= 0.3 is 0 Å². The molecule has 0 aliphatic rings. The van der Waals surface area contributed by atoms with Crippen LogP contribution in [0.15, 0.2) is 48.5 Å². The number of benzene rings is 2. The zero-order valence-electron chi connectivity index (χ0n) is 11.8. The van der Waals surface area contributed by atoms with Crippen molar-refractivity contribution in [2.45, 2.75) is 6.42 Å². The molecular weight excluding hydrogens is 299 g/mol. The zero-order chi connectivity index (χ0) is 15.4. The molecule has 0 atom stereocenters. The summed E-state index contributed by atoms with van der Waals surface area (Å²) in [6.45, 7) is 0.621. The van der Waals surface area contributed by atoms with E-state index >= 15 is 0 Å². The van der Waals surface area contributed by atoms with Crippen LogP contribution < -0.4 is 10.6 Å². The molecule has 4 nitrogen and oxygen atoms in total. The summed E-state index contributed by atoms with van der Waals surface area (Å²) in [5, 5.41) is 6.57. The molecule has 0 unspecified atom stereocenters. The largest absolute Gasteiger partial charge is 0.362 e. The molecule has 3 N–H and O–H groups in total. The maximum absolute atomic E-state index is 13.1. The Morgan fingerprint density at radius 1 is 1.18 bits per heavy atom. The lowest BCUT2D eigenvalue weighted by molar-refractivity contribution is 0.625. The summed E-state index contributed by atoms with van der Waals surface area (Å²) in [4.78, 5) is 7.53. The van der Waals surface area contributed by atoms with E-state index in [4.69, 9.17) is 12.2 Å². The van der Waals surface area contributed by atoms with Gasteiger partial charge < -0.3 is 15.6 Å². The van der Waals surface area contributed by atoms with Crippen molar-refractivity contribution in [3.8, 4) is 0 Å². The molecule has 3 aromatic rings. The van der Waals surface area contributed by atoms with E-state index in [1.165, 1.54) is 12.1 Å². The maximum atomic E-state index is 13.1. The molecule has 3 rings (SSSR count). The van der Waals surface area contributed by atoms with Crippen LogP contribution in [-0.2, 0) is 6.42 Å². The SMILES string of the molecule is Fc1cccc(CCNC(=S)Nc2nc3ccccc3[nH]2)c1. The molecule has 0 radical (unpaired) electrons. The first-order valence-corrected chi connectivity index (χ1v) is 7.35. The van der Waals surface area contributed by atoms with E-state index < -0.39 is 0 Å². The molecule has 6 heteroatoms. The minimum Gasteiger partial charge on any atom is -0.362 e. The molecule has 0 fully saturated rings. The average Bonchev–Trinajstić information content (AvgIpc) is 2.89. The lowest BCUT2D eigenvalue weighted by Crippen LogP contribution is -2.30. The van der Waals surface area contributed by atoms with Gasteiger partial charge in [-0.2, -0.15) is 0 Å². The van der Waals surface area contributed by atoms with Crippen LogP contribution in [0, 0.1) is 5.82 Å². The summed E-state index contributed by atoms with van der Waals surface area (Å²) in [5.41, 5.74) is 2.76. The van der Waals surface area contributed by atoms with Crippen molar-refractivity contribution >= 4 is 34.3 Å². The quantitative estimate of drug-likeness (QED) is 0.647. The van der Waals surface area contributed by atoms with Gasteiger partial charge in [0.25, 0.3) is 0 Å². The van der Waals surface area contributed by atoms with Gasteiger partial charge in [-0.1, -0.05) is 24.3 Å². The molecule has 112 valence electrons. The number of thiocarbonyl (C=S) groups is 1. The van der Waals surface area contributed by atoms with Crippen LogP contribution in [0.4, 0.5) is 10.3 Å². The van der Waals surface area contributed by atoms with Gasteiger partial charge in [0.15, 0.2) is 5.11 Å². The summed E-state index contributed by atoms with van der Waals surface area (Å²) in [7, 11) is 0. The fourth-order valence-electron chi connectivity index (χ4n) is 2.18. The molecule has 0 saturated heterocycles. The monoisotopic (exact) mass is 314 g/mol. The number of aromatic nitrogens is 2. The van der Waals surface area contributed by atoms with E-state index in [9.17, 15) is 4.39 Å². The van der Waals surface area contributed by atoms with Gasteiger partial charge in [-0.3, -0.25) is 0 Å². The Bertz CT molecular complexity index is 766. The maximum Gasteiger partial charge on any atom is 0.207 e. The highest BCUT2D eigenvalue weighted by molar-refractivity contribution is 7.80. The lowest BCUT2D eigenvalue weighted by Gasteiger charge is -2.08. The highest BCUT2D eigenvalue weighted by atomic mass is 32.1. The molecule has 2 aromatic carbocycles. The van der Waals surface area contributed by atoms with Crippen molar-refractivity contribution in [1.82, 2.24) is 15.3 Å². The zero-order valence-corrected chi connectivity index (χ0v) is 12.6. The number of hydrogen-bond donors (Lipinski definition) is 3. The first-order valence-electron chi connectivity index (χ1n) is 6.95. The van der Waals surface area contributed by atoms with Crippen LogP contribution >= 0.6 is 12.2 Å². The second-order valence-corrected chi connectivity index (χ2v) is 5.27. The molecule has 0 saturated carbocycles. The smallest absolute Gasteiger partial charge is 0.207 e. The Morgan fingerprint density at radius 3 is 2.86 bits per heavy atom. The van der Waals surface area contributed by atoms with Gasteiger partial charge in [0, 0.05) is 6.54 Å². The number of fused-ring (bicyclic) bond motifs is 1. The van der Waals surface area contributed by atoms with Gasteiger partial charge in [-0.15, -0.1) is 0 Å². The number of nitrogens with zero attached hydrogens (tertiary/aromatic N) is 1. The van der Waals surface area contributed by atoms with Crippen LogP contribution in [0.2, 0.25) is 0 Å². The Balaban J connectivity index is 1.52. The van der Waals surface area contributed by atoms with Crippen LogP contribution in [0.5, 0.6) is 0 Å². The third kappa shape index (κ3) is 3.59. The molecule has 0 aliphatic carbocycles. The van der Waals surface area contributed by atoms with Crippen molar-refractivity contribution in [2.75, 3.05) is 11.9 Å². The number of aromatic amines is 1. The Kier molecular flexibility index (Phi) is 4.29. The normalized spacial score (nSPS) is 10.6. The standard InChI is InChI=1S/C16H15FN4S/c17-12-5-3-4-11(10-12)8-9-18-16(22)21-15-19-13-6-1-2-7-14(13)20-15/h1-7,10H,8-9H2,(H3,18,19,20,21,22). The van der Waals surface area contributed by atoms with E-state index in [0.717, 1.165) is 16.6 Å². The first kappa shape index (κ1) is 14.5. The summed E-state index contributed by atoms with van der Waals surface area (Å²) < 4.78 is 13.1. The minimum atomic E-state index is -0.222. The Labute approximate surface area is 132 Å². The molecular formula is C16H15FN4S. The number of nitrogens with one attached hydrogen (secondary N) is 3. The van der Waals surface area contributed by atoms with Crippen LogP contribution in [0.1, 0.15) is 5.56 Å². The number of para-hydroxylation sites is 2. The van der Waals surface area contributed by atoms with E-state index in [-0.39, 0.29) is 5.82 Å². The number of imidazole rings is 1. The molecule has 0 spiro atoms. The molecule has 0 bridgehead atoms. The van der Waals surface area contributed by atoms with Crippen molar-refractivity contribution in [1.29, 1.82) is 0 Å². The lowest BCUT2D eigenvalue weighted by atomic mass is 10.1. The predicted molar refractivity (Wildman–Crippen MR) is 90.4 cm³/mol. The van der Waals surface area contributed by atoms with E-state index in [2.05, 4.69) is 20.6 Å². The predicted octanol–water partition coefficient (Wildman–Crippen LogP) is 3.23. The molecule has 22 heavy (non-hydrogen) atoms.